The van der Waals surface area contributed by atoms with Gasteiger partial charge in [-0.2, -0.15) is 0 Å². The lowest BCUT2D eigenvalue weighted by atomic mass is 9.84. The van der Waals surface area contributed by atoms with Crippen molar-refractivity contribution >= 4 is 5.91 Å². The minimum Gasteiger partial charge on any atom is -0.368 e. The molecule has 1 fully saturated rings. The quantitative estimate of drug-likeness (QED) is 0.754. The molecule has 0 aromatic heterocycles. The molecule has 0 radical (unpaired) electrons. The average Bonchev–Trinajstić information content (AvgIpc) is 2.24. The first kappa shape index (κ1) is 14.5. The standard InChI is InChI=1S/C13H27N3O/c1-12(2)6-5-8-16(10-12)9-7-13(3,15-4)11(14)17/h15H,5-10H2,1-4H3,(H2,14,17). The topological polar surface area (TPSA) is 58.4 Å². The molecule has 17 heavy (non-hydrogen) atoms. The summed E-state index contributed by atoms with van der Waals surface area (Å²) in [6.45, 7) is 9.69. The first-order chi connectivity index (χ1) is 7.79. The Morgan fingerprint density at radius 3 is 2.65 bits per heavy atom. The average molecular weight is 241 g/mol. The fraction of sp³-hybridized carbons (Fsp3) is 0.923. The van der Waals surface area contributed by atoms with E-state index in [4.69, 9.17) is 5.73 Å². The largest absolute Gasteiger partial charge is 0.368 e. The zero-order valence-electron chi connectivity index (χ0n) is 11.7. The Bertz CT molecular complexity index is 278. The van der Waals surface area contributed by atoms with E-state index in [2.05, 4.69) is 24.1 Å². The van der Waals surface area contributed by atoms with E-state index in [9.17, 15) is 4.79 Å². The highest BCUT2D eigenvalue weighted by atomic mass is 16.1. The lowest BCUT2D eigenvalue weighted by molar-refractivity contribution is -0.124. The number of rotatable bonds is 5. The van der Waals surface area contributed by atoms with Gasteiger partial charge >= 0.3 is 0 Å². The summed E-state index contributed by atoms with van der Waals surface area (Å²) in [7, 11) is 1.80. The van der Waals surface area contributed by atoms with Crippen molar-refractivity contribution in [3.63, 3.8) is 0 Å². The van der Waals surface area contributed by atoms with Gasteiger partial charge in [0.05, 0.1) is 5.54 Å². The van der Waals surface area contributed by atoms with Gasteiger partial charge in [-0.15, -0.1) is 0 Å². The Morgan fingerprint density at radius 1 is 1.53 bits per heavy atom. The van der Waals surface area contributed by atoms with Crippen LogP contribution in [-0.4, -0.2) is 43.0 Å². The molecule has 0 aliphatic carbocycles. The van der Waals surface area contributed by atoms with Crippen LogP contribution in [0.25, 0.3) is 0 Å². The van der Waals surface area contributed by atoms with Crippen molar-refractivity contribution in [2.24, 2.45) is 11.1 Å². The highest BCUT2D eigenvalue weighted by Gasteiger charge is 2.31. The zero-order valence-corrected chi connectivity index (χ0v) is 11.7. The molecule has 1 rings (SSSR count). The van der Waals surface area contributed by atoms with Crippen molar-refractivity contribution in [2.75, 3.05) is 26.7 Å². The van der Waals surface area contributed by atoms with Crippen molar-refractivity contribution in [2.45, 2.75) is 45.6 Å². The fourth-order valence-electron chi connectivity index (χ4n) is 2.49. The smallest absolute Gasteiger partial charge is 0.237 e. The van der Waals surface area contributed by atoms with Crippen molar-refractivity contribution in [3.8, 4) is 0 Å². The minimum atomic E-state index is -0.582. The van der Waals surface area contributed by atoms with Crippen molar-refractivity contribution in [3.05, 3.63) is 0 Å². The number of nitrogens with zero attached hydrogens (tertiary/aromatic N) is 1. The van der Waals surface area contributed by atoms with E-state index >= 15 is 0 Å². The summed E-state index contributed by atoms with van der Waals surface area (Å²) in [4.78, 5) is 13.8. The molecule has 4 nitrogen and oxygen atoms in total. The Labute approximate surface area is 105 Å². The first-order valence-corrected chi connectivity index (χ1v) is 6.50. The fourth-order valence-corrected chi connectivity index (χ4v) is 2.49. The molecule has 0 aromatic rings. The molecular formula is C13H27N3O. The normalized spacial score (nSPS) is 24.2. The highest BCUT2D eigenvalue weighted by Crippen LogP contribution is 2.28. The number of hydrogen-bond acceptors (Lipinski definition) is 3. The van der Waals surface area contributed by atoms with Gasteiger partial charge in [-0.1, -0.05) is 13.8 Å². The molecule has 1 saturated heterocycles. The molecule has 1 atom stereocenters. The SMILES string of the molecule is CNC(C)(CCN1CCCC(C)(C)C1)C(N)=O. The van der Waals surface area contributed by atoms with Crippen LogP contribution >= 0.6 is 0 Å². The maximum Gasteiger partial charge on any atom is 0.237 e. The Balaban J connectivity index is 2.47. The van der Waals surface area contributed by atoms with Gasteiger partial charge in [0, 0.05) is 13.1 Å². The molecule has 1 aliphatic rings. The molecule has 1 aliphatic heterocycles. The Morgan fingerprint density at radius 2 is 2.18 bits per heavy atom. The van der Waals surface area contributed by atoms with Crippen LogP contribution in [-0.2, 0) is 4.79 Å². The number of likely N-dealkylation sites (N-methyl/N-ethyl adjacent to an activating group) is 1. The molecule has 0 aromatic carbocycles. The summed E-state index contributed by atoms with van der Waals surface area (Å²) in [5.41, 5.74) is 5.25. The molecule has 4 heteroatoms. The summed E-state index contributed by atoms with van der Waals surface area (Å²) in [5, 5.41) is 3.04. The van der Waals surface area contributed by atoms with Crippen LogP contribution in [0.15, 0.2) is 0 Å². The number of nitrogens with two attached hydrogens (primary N) is 1. The van der Waals surface area contributed by atoms with E-state index in [1.807, 2.05) is 6.92 Å². The molecule has 0 spiro atoms. The predicted octanol–water partition coefficient (Wildman–Crippen LogP) is 0.962. The van der Waals surface area contributed by atoms with Crippen LogP contribution in [0.4, 0.5) is 0 Å². The van der Waals surface area contributed by atoms with Gasteiger partial charge in [-0.05, 0) is 45.2 Å². The van der Waals surface area contributed by atoms with E-state index < -0.39 is 5.54 Å². The van der Waals surface area contributed by atoms with Gasteiger partial charge in [0.15, 0.2) is 0 Å². The van der Waals surface area contributed by atoms with Crippen molar-refractivity contribution in [1.82, 2.24) is 10.2 Å². The van der Waals surface area contributed by atoms with E-state index in [0.717, 1.165) is 26.1 Å². The van der Waals surface area contributed by atoms with E-state index in [0.29, 0.717) is 5.41 Å². The molecule has 0 saturated carbocycles. The summed E-state index contributed by atoms with van der Waals surface area (Å²) >= 11 is 0. The molecule has 1 heterocycles. The summed E-state index contributed by atoms with van der Waals surface area (Å²) in [6, 6.07) is 0. The van der Waals surface area contributed by atoms with E-state index in [1.165, 1.54) is 12.8 Å². The number of piperidine rings is 1. The molecular weight excluding hydrogens is 214 g/mol. The van der Waals surface area contributed by atoms with Crippen LogP contribution in [0.1, 0.15) is 40.0 Å². The lowest BCUT2D eigenvalue weighted by Crippen LogP contribution is -2.53. The number of carbonyl (C=O) groups excluding carboxylic acids is 1. The second-order valence-electron chi connectivity index (χ2n) is 6.24. The number of nitrogens with one attached hydrogen (secondary N) is 1. The van der Waals surface area contributed by atoms with Gasteiger partial charge in [0.2, 0.25) is 5.91 Å². The molecule has 3 N–H and O–H groups in total. The van der Waals surface area contributed by atoms with Crippen LogP contribution in [0.5, 0.6) is 0 Å². The Hall–Kier alpha value is -0.610. The second-order valence-corrected chi connectivity index (χ2v) is 6.24. The van der Waals surface area contributed by atoms with E-state index in [-0.39, 0.29) is 5.91 Å². The molecule has 0 bridgehead atoms. The molecule has 100 valence electrons. The number of carbonyl (C=O) groups is 1. The zero-order chi connectivity index (χ0) is 13.1. The van der Waals surface area contributed by atoms with Gasteiger partial charge in [-0.25, -0.2) is 0 Å². The van der Waals surface area contributed by atoms with Crippen molar-refractivity contribution in [1.29, 1.82) is 0 Å². The molecule has 1 unspecified atom stereocenters. The third kappa shape index (κ3) is 3.96. The minimum absolute atomic E-state index is 0.267. The van der Waals surface area contributed by atoms with Crippen LogP contribution in [0.2, 0.25) is 0 Å². The van der Waals surface area contributed by atoms with Crippen LogP contribution < -0.4 is 11.1 Å². The number of amides is 1. The van der Waals surface area contributed by atoms with Gasteiger partial charge in [0.25, 0.3) is 0 Å². The maximum absolute atomic E-state index is 11.4. The third-order valence-corrected chi connectivity index (χ3v) is 4.00. The van der Waals surface area contributed by atoms with Crippen LogP contribution in [0, 0.1) is 5.41 Å². The Kier molecular flexibility index (Phi) is 4.55. The van der Waals surface area contributed by atoms with Gasteiger partial charge < -0.3 is 16.0 Å². The number of likely N-dealkylation sites (tertiary alicyclic amines) is 1. The second kappa shape index (κ2) is 5.36. The molecule has 1 amide bonds. The third-order valence-electron chi connectivity index (χ3n) is 4.00. The first-order valence-electron chi connectivity index (χ1n) is 6.50. The van der Waals surface area contributed by atoms with Crippen LogP contribution in [0.3, 0.4) is 0 Å². The van der Waals surface area contributed by atoms with Crippen molar-refractivity contribution < 1.29 is 4.79 Å². The monoisotopic (exact) mass is 241 g/mol. The number of primary amides is 1. The highest BCUT2D eigenvalue weighted by molar-refractivity contribution is 5.84. The summed E-state index contributed by atoms with van der Waals surface area (Å²) in [5.74, 6) is -0.267. The van der Waals surface area contributed by atoms with E-state index in [1.54, 1.807) is 7.05 Å². The number of hydrogen-bond donors (Lipinski definition) is 2. The van der Waals surface area contributed by atoms with Gasteiger partial charge in [0.1, 0.15) is 0 Å². The summed E-state index contributed by atoms with van der Waals surface area (Å²) in [6.07, 6.45) is 3.32. The van der Waals surface area contributed by atoms with Gasteiger partial charge in [-0.3, -0.25) is 4.79 Å². The predicted molar refractivity (Wildman–Crippen MR) is 70.7 cm³/mol. The lowest BCUT2D eigenvalue weighted by Gasteiger charge is -2.39. The summed E-state index contributed by atoms with van der Waals surface area (Å²) < 4.78 is 0. The maximum atomic E-state index is 11.4.